The molecule has 2 fully saturated rings. The number of Topliss-reactive ketones (excluding diaryl/α,β-unsaturated/α-hetero) is 2. The SMILES string of the molecule is C.C.C.CC1(C)CC(=O)CC(C)(C)C1.CC1C(=O)CC(C)(C)CC1(C)C.CCC(C)(C)CC(C)(C)CC. The van der Waals surface area contributed by atoms with Gasteiger partial charge in [-0.1, -0.05) is 139 Å². The van der Waals surface area contributed by atoms with Crippen molar-refractivity contribution in [2.45, 2.75) is 178 Å². The summed E-state index contributed by atoms with van der Waals surface area (Å²) in [6.07, 6.45) is 8.56. The zero-order valence-corrected chi connectivity index (χ0v) is 26.1. The van der Waals surface area contributed by atoms with Gasteiger partial charge in [-0.3, -0.25) is 9.59 Å². The van der Waals surface area contributed by atoms with Crippen LogP contribution in [0.3, 0.4) is 0 Å². The van der Waals surface area contributed by atoms with Crippen molar-refractivity contribution in [2.24, 2.45) is 38.4 Å². The van der Waals surface area contributed by atoms with Gasteiger partial charge in [-0.15, -0.1) is 0 Å². The maximum atomic E-state index is 11.6. The number of rotatable bonds is 4. The van der Waals surface area contributed by atoms with E-state index in [0.29, 0.717) is 22.4 Å². The Kier molecular flexibility index (Phi) is 17.8. The third-order valence-corrected chi connectivity index (χ3v) is 8.42. The topological polar surface area (TPSA) is 34.1 Å². The van der Waals surface area contributed by atoms with Gasteiger partial charge >= 0.3 is 0 Å². The van der Waals surface area contributed by atoms with Crippen LogP contribution in [0.2, 0.25) is 0 Å². The second-order valence-corrected chi connectivity index (χ2v) is 16.3. The van der Waals surface area contributed by atoms with Crippen molar-refractivity contribution in [1.29, 1.82) is 0 Å². The molecule has 2 aliphatic rings. The Hall–Kier alpha value is -0.660. The molecule has 2 rings (SSSR count). The highest BCUT2D eigenvalue weighted by atomic mass is 16.1. The predicted molar refractivity (Wildman–Crippen MR) is 170 cm³/mol. The van der Waals surface area contributed by atoms with Crippen LogP contribution in [0.15, 0.2) is 0 Å². The summed E-state index contributed by atoms with van der Waals surface area (Å²) in [6.45, 7) is 33.6. The van der Waals surface area contributed by atoms with Gasteiger partial charge in [-0.05, 0) is 51.8 Å². The highest BCUT2D eigenvalue weighted by Gasteiger charge is 2.43. The lowest BCUT2D eigenvalue weighted by Crippen LogP contribution is -2.41. The Morgan fingerprint density at radius 1 is 0.649 bits per heavy atom. The summed E-state index contributed by atoms with van der Waals surface area (Å²) >= 11 is 0. The van der Waals surface area contributed by atoms with Gasteiger partial charge in [0.2, 0.25) is 0 Å². The average molecular weight is 527 g/mol. The molecule has 0 aromatic heterocycles. The second-order valence-electron chi connectivity index (χ2n) is 16.3. The molecule has 0 bridgehead atoms. The first-order valence-electron chi connectivity index (χ1n) is 13.9. The lowest BCUT2D eigenvalue weighted by Gasteiger charge is -2.44. The van der Waals surface area contributed by atoms with Crippen molar-refractivity contribution in [3.63, 3.8) is 0 Å². The summed E-state index contributed by atoms with van der Waals surface area (Å²) in [5.74, 6) is 1.12. The Morgan fingerprint density at radius 2 is 0.973 bits per heavy atom. The Morgan fingerprint density at radius 3 is 1.24 bits per heavy atom. The molecule has 0 aromatic carbocycles. The summed E-state index contributed by atoms with van der Waals surface area (Å²) in [5, 5.41) is 0. The molecule has 0 amide bonds. The Labute approximate surface area is 236 Å². The normalized spacial score (nSPS) is 23.4. The van der Waals surface area contributed by atoms with E-state index in [1.54, 1.807) is 0 Å². The van der Waals surface area contributed by atoms with Crippen molar-refractivity contribution in [3.8, 4) is 0 Å². The Balaban J connectivity index is -0.000000212. The molecule has 0 radical (unpaired) electrons. The molecule has 2 saturated carbocycles. The summed E-state index contributed by atoms with van der Waals surface area (Å²) in [7, 11) is 0. The van der Waals surface area contributed by atoms with Crippen LogP contribution in [-0.4, -0.2) is 11.6 Å². The van der Waals surface area contributed by atoms with Crippen LogP contribution in [-0.2, 0) is 9.59 Å². The van der Waals surface area contributed by atoms with E-state index < -0.39 is 0 Å². The van der Waals surface area contributed by atoms with Crippen molar-refractivity contribution < 1.29 is 9.59 Å². The van der Waals surface area contributed by atoms with E-state index >= 15 is 0 Å². The first-order valence-corrected chi connectivity index (χ1v) is 13.9. The summed E-state index contributed by atoms with van der Waals surface area (Å²) < 4.78 is 0. The fraction of sp³-hybridized carbons (Fsp3) is 0.943. The van der Waals surface area contributed by atoms with Gasteiger partial charge in [0.25, 0.3) is 0 Å². The third-order valence-electron chi connectivity index (χ3n) is 8.42. The van der Waals surface area contributed by atoms with Crippen LogP contribution in [0, 0.1) is 38.4 Å². The molecular formula is C35H74O2. The van der Waals surface area contributed by atoms with Gasteiger partial charge in [-0.25, -0.2) is 0 Å². The second kappa shape index (κ2) is 15.2. The van der Waals surface area contributed by atoms with Crippen LogP contribution in [0.4, 0.5) is 0 Å². The summed E-state index contributed by atoms with van der Waals surface area (Å²) in [4.78, 5) is 22.9. The number of hydrogen-bond donors (Lipinski definition) is 0. The van der Waals surface area contributed by atoms with Crippen LogP contribution in [0.1, 0.15) is 178 Å². The van der Waals surface area contributed by atoms with E-state index in [1.807, 2.05) is 0 Å². The molecule has 2 aliphatic carbocycles. The molecule has 226 valence electrons. The molecule has 0 saturated heterocycles. The fourth-order valence-electron chi connectivity index (χ4n) is 6.61. The predicted octanol–water partition coefficient (Wildman–Crippen LogP) is 12.0. The highest BCUT2D eigenvalue weighted by molar-refractivity contribution is 5.83. The quantitative estimate of drug-likeness (QED) is 0.365. The molecule has 0 aliphatic heterocycles. The molecular weight excluding hydrogens is 452 g/mol. The van der Waals surface area contributed by atoms with Crippen LogP contribution >= 0.6 is 0 Å². The summed E-state index contributed by atoms with van der Waals surface area (Å²) in [5.41, 5.74) is 1.93. The minimum absolute atomic E-state index is 0. The van der Waals surface area contributed by atoms with Crippen LogP contribution < -0.4 is 0 Å². The number of ketones is 2. The minimum Gasteiger partial charge on any atom is -0.300 e. The molecule has 0 spiro atoms. The largest absolute Gasteiger partial charge is 0.300 e. The van der Waals surface area contributed by atoms with E-state index in [9.17, 15) is 9.59 Å². The number of hydrogen-bond acceptors (Lipinski definition) is 2. The highest BCUT2D eigenvalue weighted by Crippen LogP contribution is 2.47. The third kappa shape index (κ3) is 16.8. The monoisotopic (exact) mass is 527 g/mol. The maximum Gasteiger partial charge on any atom is 0.136 e. The molecule has 2 nitrogen and oxygen atoms in total. The van der Waals surface area contributed by atoms with E-state index in [1.165, 1.54) is 25.7 Å². The van der Waals surface area contributed by atoms with E-state index in [4.69, 9.17) is 0 Å². The molecule has 1 unspecified atom stereocenters. The van der Waals surface area contributed by atoms with Crippen molar-refractivity contribution in [3.05, 3.63) is 0 Å². The first-order chi connectivity index (χ1) is 14.9. The standard InChI is InChI=1S/C11H20O.C11H24.C10H18O.3CH4/c1-8-9(12)6-10(2,3)7-11(8,4)5;1-7-10(3,4)9-11(5,6)8-2;1-9(2)5-8(11)6-10(3,4)7-9;;;/h8H,6-7H2,1-5H3;7-9H2,1-6H3;5-7H2,1-4H3;3*1H4. The van der Waals surface area contributed by atoms with Crippen molar-refractivity contribution in [1.82, 2.24) is 0 Å². The fourth-order valence-corrected chi connectivity index (χ4v) is 6.61. The average Bonchev–Trinajstić information content (AvgIpc) is 2.55. The number of carbonyl (C=O) groups is 2. The Bertz CT molecular complexity index is 641. The minimum atomic E-state index is 0. The summed E-state index contributed by atoms with van der Waals surface area (Å²) in [6, 6.07) is 0. The van der Waals surface area contributed by atoms with Gasteiger partial charge in [0.1, 0.15) is 11.6 Å². The van der Waals surface area contributed by atoms with Gasteiger partial charge in [0.15, 0.2) is 0 Å². The van der Waals surface area contributed by atoms with Gasteiger partial charge in [0.05, 0.1) is 0 Å². The van der Waals surface area contributed by atoms with E-state index in [0.717, 1.165) is 25.7 Å². The van der Waals surface area contributed by atoms with Gasteiger partial charge in [-0.2, -0.15) is 0 Å². The van der Waals surface area contributed by atoms with Gasteiger partial charge < -0.3 is 0 Å². The molecule has 37 heavy (non-hydrogen) atoms. The lowest BCUT2D eigenvalue weighted by molar-refractivity contribution is -0.133. The molecule has 0 N–H and O–H groups in total. The van der Waals surface area contributed by atoms with Crippen molar-refractivity contribution >= 4 is 11.6 Å². The first kappa shape index (κ1) is 43.4. The molecule has 2 heteroatoms. The molecule has 0 aromatic rings. The van der Waals surface area contributed by atoms with Gasteiger partial charge in [0, 0.05) is 25.2 Å². The lowest BCUT2D eigenvalue weighted by atomic mass is 9.60. The van der Waals surface area contributed by atoms with E-state index in [-0.39, 0.29) is 49.9 Å². The molecule has 0 heterocycles. The zero-order valence-electron chi connectivity index (χ0n) is 26.1. The van der Waals surface area contributed by atoms with Crippen LogP contribution in [0.5, 0.6) is 0 Å². The number of carbonyl (C=O) groups excluding carboxylic acids is 2. The zero-order chi connectivity index (χ0) is 27.4. The molecule has 1 atom stereocenters. The van der Waals surface area contributed by atoms with Crippen molar-refractivity contribution in [2.75, 3.05) is 0 Å². The maximum absolute atomic E-state index is 11.6. The van der Waals surface area contributed by atoms with Crippen LogP contribution in [0.25, 0.3) is 0 Å². The van der Waals surface area contributed by atoms with E-state index in [2.05, 4.69) is 104 Å². The smallest absolute Gasteiger partial charge is 0.136 e.